The molecular formula is C18H28N2O2. The van der Waals surface area contributed by atoms with Crippen LogP contribution in [0.2, 0.25) is 0 Å². The zero-order valence-corrected chi connectivity index (χ0v) is 13.7. The van der Waals surface area contributed by atoms with Gasteiger partial charge in [0.05, 0.1) is 0 Å². The molecule has 1 atom stereocenters. The van der Waals surface area contributed by atoms with Crippen LogP contribution in [0.3, 0.4) is 0 Å². The lowest BCUT2D eigenvalue weighted by atomic mass is 10.1. The predicted molar refractivity (Wildman–Crippen MR) is 89.8 cm³/mol. The maximum absolute atomic E-state index is 11.8. The van der Waals surface area contributed by atoms with E-state index in [2.05, 4.69) is 17.6 Å². The van der Waals surface area contributed by atoms with Crippen molar-refractivity contribution in [2.75, 3.05) is 6.54 Å². The summed E-state index contributed by atoms with van der Waals surface area (Å²) in [6.45, 7) is 4.59. The summed E-state index contributed by atoms with van der Waals surface area (Å²) in [4.78, 5) is 23.6. The van der Waals surface area contributed by atoms with Gasteiger partial charge in [-0.25, -0.2) is 0 Å². The molecular weight excluding hydrogens is 276 g/mol. The van der Waals surface area contributed by atoms with E-state index in [4.69, 9.17) is 0 Å². The molecule has 0 saturated heterocycles. The van der Waals surface area contributed by atoms with Crippen LogP contribution in [0.5, 0.6) is 0 Å². The highest BCUT2D eigenvalue weighted by molar-refractivity contribution is 5.94. The molecule has 0 aliphatic heterocycles. The highest BCUT2D eigenvalue weighted by Crippen LogP contribution is 2.05. The fraction of sp³-hybridized carbons (Fsp3) is 0.556. The highest BCUT2D eigenvalue weighted by atomic mass is 16.2. The summed E-state index contributed by atoms with van der Waals surface area (Å²) < 4.78 is 0. The van der Waals surface area contributed by atoms with E-state index in [9.17, 15) is 9.59 Å². The maximum Gasteiger partial charge on any atom is 0.251 e. The van der Waals surface area contributed by atoms with Crippen LogP contribution in [0.4, 0.5) is 0 Å². The van der Waals surface area contributed by atoms with Crippen molar-refractivity contribution in [3.05, 3.63) is 35.9 Å². The summed E-state index contributed by atoms with van der Waals surface area (Å²) in [5.74, 6) is -0.141. The largest absolute Gasteiger partial charge is 0.354 e. The van der Waals surface area contributed by atoms with Crippen LogP contribution >= 0.6 is 0 Å². The number of amides is 2. The van der Waals surface area contributed by atoms with E-state index < -0.39 is 0 Å². The Labute approximate surface area is 133 Å². The molecule has 0 aliphatic carbocycles. The van der Waals surface area contributed by atoms with E-state index in [0.717, 1.165) is 12.8 Å². The van der Waals surface area contributed by atoms with Crippen molar-refractivity contribution in [1.29, 1.82) is 0 Å². The first kappa shape index (κ1) is 18.2. The molecule has 2 amide bonds. The molecule has 0 unspecified atom stereocenters. The average molecular weight is 304 g/mol. The predicted octanol–water partition coefficient (Wildman–Crippen LogP) is 3.28. The number of rotatable bonds is 10. The molecule has 1 aromatic rings. The van der Waals surface area contributed by atoms with Gasteiger partial charge in [-0.1, -0.05) is 50.8 Å². The first-order valence-corrected chi connectivity index (χ1v) is 8.26. The van der Waals surface area contributed by atoms with E-state index in [0.29, 0.717) is 18.5 Å². The Balaban J connectivity index is 2.14. The molecule has 4 nitrogen and oxygen atoms in total. The number of nitrogens with one attached hydrogen (secondary N) is 2. The lowest BCUT2D eigenvalue weighted by molar-refractivity contribution is -0.121. The molecule has 0 aromatic heterocycles. The van der Waals surface area contributed by atoms with Crippen molar-refractivity contribution < 1.29 is 9.59 Å². The topological polar surface area (TPSA) is 58.2 Å². The second-order valence-electron chi connectivity index (χ2n) is 5.69. The second-order valence-corrected chi connectivity index (χ2v) is 5.69. The summed E-state index contributed by atoms with van der Waals surface area (Å²) in [5.41, 5.74) is 0.618. The third-order valence-corrected chi connectivity index (χ3v) is 3.57. The maximum atomic E-state index is 11.8. The smallest absolute Gasteiger partial charge is 0.251 e. The van der Waals surface area contributed by atoms with Crippen molar-refractivity contribution >= 4 is 11.8 Å². The molecule has 0 bridgehead atoms. The van der Waals surface area contributed by atoms with Gasteiger partial charge in [-0.3, -0.25) is 9.59 Å². The Morgan fingerprint density at radius 1 is 1.09 bits per heavy atom. The lowest BCUT2D eigenvalue weighted by Gasteiger charge is -2.14. The fourth-order valence-corrected chi connectivity index (χ4v) is 2.28. The summed E-state index contributed by atoms with van der Waals surface area (Å²) in [6, 6.07) is 9.23. The number of benzene rings is 1. The van der Waals surface area contributed by atoms with Gasteiger partial charge in [-0.15, -0.1) is 0 Å². The number of carbonyl (C=O) groups excluding carboxylic acids is 2. The Kier molecular flexibility index (Phi) is 8.96. The molecule has 2 N–H and O–H groups in total. The number of carbonyl (C=O) groups is 2. The summed E-state index contributed by atoms with van der Waals surface area (Å²) in [5, 5.41) is 5.74. The summed E-state index contributed by atoms with van der Waals surface area (Å²) >= 11 is 0. The van der Waals surface area contributed by atoms with Gasteiger partial charge >= 0.3 is 0 Å². The van der Waals surface area contributed by atoms with Crippen molar-refractivity contribution in [3.63, 3.8) is 0 Å². The quantitative estimate of drug-likeness (QED) is 0.652. The van der Waals surface area contributed by atoms with Gasteiger partial charge in [0.1, 0.15) is 0 Å². The Hall–Kier alpha value is -1.84. The van der Waals surface area contributed by atoms with Crippen LogP contribution < -0.4 is 10.6 Å². The van der Waals surface area contributed by atoms with Crippen LogP contribution in [0.25, 0.3) is 0 Å². The van der Waals surface area contributed by atoms with Gasteiger partial charge in [0, 0.05) is 24.6 Å². The number of hydrogen-bond acceptors (Lipinski definition) is 2. The van der Waals surface area contributed by atoms with Crippen molar-refractivity contribution in [2.24, 2.45) is 0 Å². The molecule has 0 aliphatic rings. The average Bonchev–Trinajstić information content (AvgIpc) is 2.52. The molecule has 22 heavy (non-hydrogen) atoms. The van der Waals surface area contributed by atoms with Crippen LogP contribution in [0, 0.1) is 0 Å². The molecule has 0 saturated carbocycles. The van der Waals surface area contributed by atoms with Gasteiger partial charge in [0.25, 0.3) is 5.91 Å². The Morgan fingerprint density at radius 2 is 1.82 bits per heavy atom. The van der Waals surface area contributed by atoms with E-state index in [1.165, 1.54) is 19.3 Å². The molecule has 1 aromatic carbocycles. The number of unbranched alkanes of at least 4 members (excludes halogenated alkanes) is 3. The zero-order chi connectivity index (χ0) is 16.2. The Bertz CT molecular complexity index is 446. The van der Waals surface area contributed by atoms with Gasteiger partial charge in [-0.2, -0.15) is 0 Å². The monoisotopic (exact) mass is 304 g/mol. The first-order valence-electron chi connectivity index (χ1n) is 8.26. The van der Waals surface area contributed by atoms with E-state index >= 15 is 0 Å². The Morgan fingerprint density at radius 3 is 2.50 bits per heavy atom. The van der Waals surface area contributed by atoms with Crippen molar-refractivity contribution in [1.82, 2.24) is 10.6 Å². The minimum absolute atomic E-state index is 0.00338. The van der Waals surface area contributed by atoms with Gasteiger partial charge < -0.3 is 10.6 Å². The highest BCUT2D eigenvalue weighted by Gasteiger charge is 2.08. The SMILES string of the molecule is CCCCCC[C@H](C)NC(=O)CCNC(=O)c1ccccc1. The van der Waals surface area contributed by atoms with E-state index in [1.54, 1.807) is 12.1 Å². The van der Waals surface area contributed by atoms with Crippen LogP contribution in [-0.2, 0) is 4.79 Å². The zero-order valence-electron chi connectivity index (χ0n) is 13.7. The fourth-order valence-electron chi connectivity index (χ4n) is 2.28. The van der Waals surface area contributed by atoms with Crippen molar-refractivity contribution in [2.45, 2.75) is 58.4 Å². The minimum atomic E-state index is -0.138. The van der Waals surface area contributed by atoms with Gasteiger partial charge in [0.2, 0.25) is 5.91 Å². The standard InChI is InChI=1S/C18H28N2O2/c1-3-4-5-7-10-15(2)20-17(21)13-14-19-18(22)16-11-8-6-9-12-16/h6,8-9,11-12,15H,3-5,7,10,13-14H2,1-2H3,(H,19,22)(H,20,21)/t15-/m0/s1. The molecule has 1 rings (SSSR count). The second kappa shape index (κ2) is 10.8. The minimum Gasteiger partial charge on any atom is -0.354 e. The number of hydrogen-bond donors (Lipinski definition) is 2. The van der Waals surface area contributed by atoms with Gasteiger partial charge in [0.15, 0.2) is 0 Å². The van der Waals surface area contributed by atoms with Crippen molar-refractivity contribution in [3.8, 4) is 0 Å². The van der Waals surface area contributed by atoms with E-state index in [-0.39, 0.29) is 17.9 Å². The molecule has 0 fully saturated rings. The molecule has 122 valence electrons. The molecule has 0 radical (unpaired) electrons. The summed E-state index contributed by atoms with van der Waals surface area (Å²) in [6.07, 6.45) is 6.19. The molecule has 0 spiro atoms. The van der Waals surface area contributed by atoms with E-state index in [1.807, 2.05) is 25.1 Å². The normalized spacial score (nSPS) is 11.7. The molecule has 4 heteroatoms. The van der Waals surface area contributed by atoms with Crippen LogP contribution in [0.15, 0.2) is 30.3 Å². The van der Waals surface area contributed by atoms with Gasteiger partial charge in [-0.05, 0) is 25.5 Å². The first-order chi connectivity index (χ1) is 10.6. The third-order valence-electron chi connectivity index (χ3n) is 3.57. The van der Waals surface area contributed by atoms with Crippen LogP contribution in [-0.4, -0.2) is 24.4 Å². The molecule has 0 heterocycles. The van der Waals surface area contributed by atoms with Crippen LogP contribution in [0.1, 0.15) is 62.7 Å². The summed E-state index contributed by atoms with van der Waals surface area (Å²) in [7, 11) is 0. The third kappa shape index (κ3) is 7.81. The lowest BCUT2D eigenvalue weighted by Crippen LogP contribution is -2.35.